The van der Waals surface area contributed by atoms with Gasteiger partial charge >= 0.3 is 5.97 Å². The quantitative estimate of drug-likeness (QED) is 0.405. The summed E-state index contributed by atoms with van der Waals surface area (Å²) in [6, 6.07) is 13.8. The zero-order valence-electron chi connectivity index (χ0n) is 11.6. The molecule has 0 aliphatic carbocycles. The number of benzene rings is 2. The maximum Gasteiger partial charge on any atom is 0.330 e. The molecule has 2 rings (SSSR count). The number of carbonyl (C=O) groups is 2. The van der Waals surface area contributed by atoms with Crippen molar-refractivity contribution in [1.82, 2.24) is 0 Å². The lowest BCUT2D eigenvalue weighted by molar-refractivity contribution is -0.134. The monoisotopic (exact) mass is 281 g/mol. The highest BCUT2D eigenvalue weighted by molar-refractivity contribution is 6.09. The molecule has 0 fully saturated rings. The molecule has 0 aliphatic heterocycles. The number of hydrogen-bond acceptors (Lipinski definition) is 4. The molecule has 0 aliphatic rings. The summed E-state index contributed by atoms with van der Waals surface area (Å²) < 4.78 is 4.51. The molecule has 0 radical (unpaired) electrons. The summed E-state index contributed by atoms with van der Waals surface area (Å²) in [5.41, 5.74) is 8.15. The van der Waals surface area contributed by atoms with Crippen LogP contribution in [-0.2, 0) is 9.53 Å². The van der Waals surface area contributed by atoms with Crippen molar-refractivity contribution in [3.8, 4) is 0 Å². The molecule has 0 atom stereocenters. The number of nitrogens with two attached hydrogens (primary N) is 1. The number of nitrogen functional groups attached to an aromatic ring is 1. The van der Waals surface area contributed by atoms with Crippen LogP contribution in [0.3, 0.4) is 0 Å². The van der Waals surface area contributed by atoms with Gasteiger partial charge in [0.2, 0.25) is 0 Å². The van der Waals surface area contributed by atoms with E-state index in [0.29, 0.717) is 16.8 Å². The predicted octanol–water partition coefficient (Wildman–Crippen LogP) is 2.69. The summed E-state index contributed by atoms with van der Waals surface area (Å²) in [6.45, 7) is 0. The van der Waals surface area contributed by atoms with E-state index < -0.39 is 5.97 Å². The van der Waals surface area contributed by atoms with Crippen LogP contribution in [0.15, 0.2) is 54.6 Å². The summed E-state index contributed by atoms with van der Waals surface area (Å²) >= 11 is 0. The molecule has 2 aromatic rings. The van der Waals surface area contributed by atoms with E-state index in [1.54, 1.807) is 54.6 Å². The first kappa shape index (κ1) is 14.5. The van der Waals surface area contributed by atoms with Gasteiger partial charge in [-0.05, 0) is 23.8 Å². The Bertz CT molecular complexity index is 687. The van der Waals surface area contributed by atoms with Crippen molar-refractivity contribution < 1.29 is 14.3 Å². The molecular formula is C17H15NO3. The molecule has 21 heavy (non-hydrogen) atoms. The molecule has 106 valence electrons. The van der Waals surface area contributed by atoms with E-state index in [9.17, 15) is 9.59 Å². The smallest absolute Gasteiger partial charge is 0.330 e. The Hall–Kier alpha value is -2.88. The molecule has 0 saturated heterocycles. The number of carbonyl (C=O) groups excluding carboxylic acids is 2. The fourth-order valence-electron chi connectivity index (χ4n) is 1.82. The van der Waals surface area contributed by atoms with Crippen LogP contribution in [-0.4, -0.2) is 18.9 Å². The molecule has 0 spiro atoms. The van der Waals surface area contributed by atoms with Crippen molar-refractivity contribution in [2.45, 2.75) is 0 Å². The Morgan fingerprint density at radius 3 is 2.38 bits per heavy atom. The second-order valence-corrected chi connectivity index (χ2v) is 4.43. The third kappa shape index (κ3) is 3.79. The summed E-state index contributed by atoms with van der Waals surface area (Å²) in [5, 5.41) is 0. The van der Waals surface area contributed by atoms with Crippen LogP contribution in [0.25, 0.3) is 6.08 Å². The lowest BCUT2D eigenvalue weighted by atomic mass is 10.0. The number of ether oxygens (including phenoxy) is 1. The van der Waals surface area contributed by atoms with Gasteiger partial charge in [0, 0.05) is 22.9 Å². The molecule has 4 heteroatoms. The summed E-state index contributed by atoms with van der Waals surface area (Å²) in [4.78, 5) is 23.3. The van der Waals surface area contributed by atoms with Gasteiger partial charge in [0.25, 0.3) is 0 Å². The molecule has 0 bridgehead atoms. The van der Waals surface area contributed by atoms with E-state index in [1.807, 2.05) is 0 Å². The van der Waals surface area contributed by atoms with Gasteiger partial charge in [-0.1, -0.05) is 36.4 Å². The van der Waals surface area contributed by atoms with Crippen LogP contribution < -0.4 is 5.73 Å². The van der Waals surface area contributed by atoms with Gasteiger partial charge in [-0.3, -0.25) is 4.79 Å². The third-order valence-electron chi connectivity index (χ3n) is 2.93. The third-order valence-corrected chi connectivity index (χ3v) is 2.93. The van der Waals surface area contributed by atoms with Gasteiger partial charge in [0.05, 0.1) is 7.11 Å². The first-order chi connectivity index (χ1) is 10.1. The van der Waals surface area contributed by atoms with Crippen LogP contribution in [0.1, 0.15) is 21.5 Å². The van der Waals surface area contributed by atoms with Crippen LogP contribution in [0.5, 0.6) is 0 Å². The van der Waals surface area contributed by atoms with E-state index >= 15 is 0 Å². The van der Waals surface area contributed by atoms with E-state index in [2.05, 4.69) is 4.74 Å². The average Bonchev–Trinajstić information content (AvgIpc) is 2.52. The standard InChI is InChI=1S/C17H15NO3/c1-21-16(19)10-7-12-5-8-13(9-6-12)17(20)14-3-2-4-15(18)11-14/h2-11H,18H2,1H3. The summed E-state index contributed by atoms with van der Waals surface area (Å²) in [6.07, 6.45) is 2.95. The maximum atomic E-state index is 12.3. The molecule has 4 nitrogen and oxygen atoms in total. The Labute approximate surface area is 122 Å². The van der Waals surface area contributed by atoms with Crippen molar-refractivity contribution in [3.05, 3.63) is 71.3 Å². The molecule has 0 unspecified atom stereocenters. The molecule has 0 aromatic heterocycles. The number of rotatable bonds is 4. The Kier molecular flexibility index (Phi) is 4.51. The lowest BCUT2D eigenvalue weighted by Gasteiger charge is -2.03. The number of methoxy groups -OCH3 is 1. The second kappa shape index (κ2) is 6.52. The minimum atomic E-state index is -0.421. The fourth-order valence-corrected chi connectivity index (χ4v) is 1.82. The Morgan fingerprint density at radius 1 is 1.05 bits per heavy atom. The highest BCUT2D eigenvalue weighted by Gasteiger charge is 2.08. The highest BCUT2D eigenvalue weighted by Crippen LogP contribution is 2.14. The minimum Gasteiger partial charge on any atom is -0.466 e. The molecule has 2 aromatic carbocycles. The lowest BCUT2D eigenvalue weighted by Crippen LogP contribution is -2.01. The normalized spacial score (nSPS) is 10.5. The molecule has 2 N–H and O–H groups in total. The number of esters is 1. The predicted molar refractivity (Wildman–Crippen MR) is 81.8 cm³/mol. The SMILES string of the molecule is COC(=O)C=Cc1ccc(C(=O)c2cccc(N)c2)cc1. The number of ketones is 1. The molecule has 0 saturated carbocycles. The second-order valence-electron chi connectivity index (χ2n) is 4.43. The first-order valence-corrected chi connectivity index (χ1v) is 6.36. The van der Waals surface area contributed by atoms with Gasteiger partial charge in [-0.2, -0.15) is 0 Å². The summed E-state index contributed by atoms with van der Waals surface area (Å²) in [7, 11) is 1.32. The Morgan fingerprint density at radius 2 is 1.76 bits per heavy atom. The highest BCUT2D eigenvalue weighted by atomic mass is 16.5. The zero-order valence-corrected chi connectivity index (χ0v) is 11.6. The van der Waals surface area contributed by atoms with Gasteiger partial charge in [-0.15, -0.1) is 0 Å². The van der Waals surface area contributed by atoms with Gasteiger partial charge in [0.1, 0.15) is 0 Å². The van der Waals surface area contributed by atoms with Crippen molar-refractivity contribution in [2.75, 3.05) is 12.8 Å². The van der Waals surface area contributed by atoms with E-state index in [-0.39, 0.29) is 5.78 Å². The summed E-state index contributed by atoms with van der Waals surface area (Å²) in [5.74, 6) is -0.513. The van der Waals surface area contributed by atoms with Crippen molar-refractivity contribution in [1.29, 1.82) is 0 Å². The topological polar surface area (TPSA) is 69.4 Å². The number of hydrogen-bond donors (Lipinski definition) is 1. The van der Waals surface area contributed by atoms with Gasteiger partial charge in [-0.25, -0.2) is 4.79 Å². The van der Waals surface area contributed by atoms with Crippen LogP contribution in [0.2, 0.25) is 0 Å². The van der Waals surface area contributed by atoms with Crippen LogP contribution in [0.4, 0.5) is 5.69 Å². The van der Waals surface area contributed by atoms with Crippen molar-refractivity contribution in [2.24, 2.45) is 0 Å². The Balaban J connectivity index is 2.17. The molecular weight excluding hydrogens is 266 g/mol. The van der Waals surface area contributed by atoms with Crippen molar-refractivity contribution in [3.63, 3.8) is 0 Å². The van der Waals surface area contributed by atoms with Crippen LogP contribution in [0, 0.1) is 0 Å². The van der Waals surface area contributed by atoms with E-state index in [4.69, 9.17) is 5.73 Å². The molecule has 0 amide bonds. The van der Waals surface area contributed by atoms with E-state index in [1.165, 1.54) is 13.2 Å². The van der Waals surface area contributed by atoms with Crippen LogP contribution >= 0.6 is 0 Å². The minimum absolute atomic E-state index is 0.0919. The van der Waals surface area contributed by atoms with E-state index in [0.717, 1.165) is 5.56 Å². The zero-order chi connectivity index (χ0) is 15.2. The molecule has 0 heterocycles. The van der Waals surface area contributed by atoms with Gasteiger partial charge < -0.3 is 10.5 Å². The maximum absolute atomic E-state index is 12.3. The fraction of sp³-hybridized carbons (Fsp3) is 0.0588. The van der Waals surface area contributed by atoms with Crippen molar-refractivity contribution >= 4 is 23.5 Å². The van der Waals surface area contributed by atoms with Gasteiger partial charge in [0.15, 0.2) is 5.78 Å². The largest absolute Gasteiger partial charge is 0.466 e. The number of anilines is 1. The average molecular weight is 281 g/mol. The first-order valence-electron chi connectivity index (χ1n) is 6.36.